The molecule has 1 aliphatic heterocycles. The average molecular weight is 446 g/mol. The first kappa shape index (κ1) is 21.0. The quantitative estimate of drug-likeness (QED) is 0.536. The Morgan fingerprint density at radius 2 is 1.87 bits per heavy atom. The lowest BCUT2D eigenvalue weighted by molar-refractivity contribution is -0.134. The monoisotopic (exact) mass is 445 g/mol. The van der Waals surface area contributed by atoms with Crippen molar-refractivity contribution >= 4 is 40.1 Å². The van der Waals surface area contributed by atoms with Gasteiger partial charge in [-0.05, 0) is 74.1 Å². The fourth-order valence-corrected chi connectivity index (χ4v) is 4.39. The maximum absolute atomic E-state index is 12.5. The van der Waals surface area contributed by atoms with Gasteiger partial charge in [-0.1, -0.05) is 23.2 Å². The first-order valence-corrected chi connectivity index (χ1v) is 10.9. The Balaban J connectivity index is 1.30. The molecule has 0 atom stereocenters. The number of carbonyl (C=O) groups excluding carboxylic acids is 1. The number of hydrogen-bond acceptors (Lipinski definition) is 3. The summed E-state index contributed by atoms with van der Waals surface area (Å²) in [4.78, 5) is 19.0. The normalized spacial score (nSPS) is 15.0. The summed E-state index contributed by atoms with van der Waals surface area (Å²) >= 11 is 12.0. The third kappa shape index (κ3) is 4.57. The van der Waals surface area contributed by atoms with Gasteiger partial charge in [-0.15, -0.1) is 0 Å². The van der Waals surface area contributed by atoms with Crippen molar-refractivity contribution in [1.29, 1.82) is 0 Å². The van der Waals surface area contributed by atoms with E-state index < -0.39 is 0 Å². The summed E-state index contributed by atoms with van der Waals surface area (Å²) < 4.78 is 7.84. The van der Waals surface area contributed by atoms with Gasteiger partial charge in [0.25, 0.3) is 5.91 Å². The zero-order chi connectivity index (χ0) is 21.3. The molecule has 1 amide bonds. The molecule has 1 saturated heterocycles. The van der Waals surface area contributed by atoms with E-state index in [4.69, 9.17) is 27.9 Å². The van der Waals surface area contributed by atoms with Gasteiger partial charge in [-0.3, -0.25) is 4.79 Å². The number of benzene rings is 2. The van der Waals surface area contributed by atoms with Gasteiger partial charge in [0, 0.05) is 24.7 Å². The average Bonchev–Trinajstić information content (AvgIpc) is 3.09. The number of aryl methyl sites for hydroxylation is 2. The number of aromatic nitrogens is 2. The van der Waals surface area contributed by atoms with Gasteiger partial charge >= 0.3 is 0 Å². The summed E-state index contributed by atoms with van der Waals surface area (Å²) in [5, 5.41) is 0.948. The molecule has 3 aromatic rings. The Morgan fingerprint density at radius 1 is 1.13 bits per heavy atom. The van der Waals surface area contributed by atoms with Crippen molar-refractivity contribution in [1.82, 2.24) is 14.5 Å². The summed E-state index contributed by atoms with van der Waals surface area (Å²) in [5.41, 5.74) is 4.78. The zero-order valence-corrected chi connectivity index (χ0v) is 18.7. The van der Waals surface area contributed by atoms with E-state index in [9.17, 15) is 4.79 Å². The van der Waals surface area contributed by atoms with Crippen molar-refractivity contribution in [2.45, 2.75) is 33.2 Å². The number of fused-ring (bicyclic) bond motifs is 1. The molecule has 1 fully saturated rings. The lowest BCUT2D eigenvalue weighted by atomic mass is 9.96. The van der Waals surface area contributed by atoms with Crippen molar-refractivity contribution in [3.63, 3.8) is 0 Å². The van der Waals surface area contributed by atoms with Crippen LogP contribution in [0.4, 0.5) is 0 Å². The molecule has 0 N–H and O–H groups in total. The third-order valence-electron chi connectivity index (χ3n) is 5.90. The minimum absolute atomic E-state index is 0.0151. The molecule has 2 aromatic carbocycles. The van der Waals surface area contributed by atoms with E-state index in [0.717, 1.165) is 38.0 Å². The second kappa shape index (κ2) is 8.86. The van der Waals surface area contributed by atoms with Crippen molar-refractivity contribution < 1.29 is 9.53 Å². The summed E-state index contributed by atoms with van der Waals surface area (Å²) in [6.07, 6.45) is 3.88. The second-order valence-corrected chi connectivity index (χ2v) is 8.85. The fraction of sp³-hybridized carbons (Fsp3) is 0.391. The van der Waals surface area contributed by atoms with Crippen LogP contribution in [-0.2, 0) is 11.3 Å². The molecule has 0 saturated carbocycles. The number of hydrogen-bond donors (Lipinski definition) is 0. The standard InChI is InChI=1S/C23H25Cl2N3O2/c1-15-9-20-21(10-16(15)2)28(14-26-20)12-17-5-7-27(8-6-17)23(29)13-30-22-4-3-18(24)11-19(22)25/h3-4,9-11,14,17H,5-8,12-13H2,1-2H3. The van der Waals surface area contributed by atoms with Crippen LogP contribution < -0.4 is 4.74 Å². The van der Waals surface area contributed by atoms with E-state index in [0.29, 0.717) is 21.7 Å². The number of piperidine rings is 1. The van der Waals surface area contributed by atoms with Crippen LogP contribution in [0, 0.1) is 19.8 Å². The van der Waals surface area contributed by atoms with Crippen LogP contribution in [0.5, 0.6) is 5.75 Å². The number of rotatable bonds is 5. The molecule has 1 aliphatic rings. The number of halogens is 2. The van der Waals surface area contributed by atoms with Crippen molar-refractivity contribution in [3.05, 3.63) is 57.8 Å². The molecular weight excluding hydrogens is 421 g/mol. The van der Waals surface area contributed by atoms with Crippen molar-refractivity contribution in [2.24, 2.45) is 5.92 Å². The van der Waals surface area contributed by atoms with Crippen LogP contribution in [0.2, 0.25) is 10.0 Å². The lowest BCUT2D eigenvalue weighted by Gasteiger charge is -2.32. The Morgan fingerprint density at radius 3 is 2.60 bits per heavy atom. The van der Waals surface area contributed by atoms with Crippen LogP contribution in [-0.4, -0.2) is 40.1 Å². The van der Waals surface area contributed by atoms with Gasteiger partial charge in [0.05, 0.1) is 22.4 Å². The summed E-state index contributed by atoms with van der Waals surface area (Å²) in [6, 6.07) is 9.35. The molecule has 7 heteroatoms. The molecular formula is C23H25Cl2N3O2. The largest absolute Gasteiger partial charge is 0.482 e. The predicted molar refractivity (Wildman–Crippen MR) is 120 cm³/mol. The summed E-state index contributed by atoms with van der Waals surface area (Å²) in [7, 11) is 0. The van der Waals surface area contributed by atoms with E-state index in [-0.39, 0.29) is 12.5 Å². The molecule has 0 radical (unpaired) electrons. The minimum atomic E-state index is -0.0171. The van der Waals surface area contributed by atoms with E-state index in [2.05, 4.69) is 35.5 Å². The van der Waals surface area contributed by atoms with Crippen LogP contribution in [0.1, 0.15) is 24.0 Å². The molecule has 0 spiro atoms. The van der Waals surface area contributed by atoms with Gasteiger partial charge in [-0.2, -0.15) is 0 Å². The molecule has 0 aliphatic carbocycles. The minimum Gasteiger partial charge on any atom is -0.482 e. The Bertz CT molecular complexity index is 1070. The van der Waals surface area contributed by atoms with E-state index in [1.54, 1.807) is 18.2 Å². The highest BCUT2D eigenvalue weighted by atomic mass is 35.5. The van der Waals surface area contributed by atoms with Crippen molar-refractivity contribution in [2.75, 3.05) is 19.7 Å². The first-order valence-electron chi connectivity index (χ1n) is 10.2. The number of carbonyl (C=O) groups is 1. The maximum Gasteiger partial charge on any atom is 0.260 e. The number of amides is 1. The first-order chi connectivity index (χ1) is 14.4. The molecule has 5 nitrogen and oxygen atoms in total. The molecule has 0 bridgehead atoms. The van der Waals surface area contributed by atoms with Gasteiger partial charge < -0.3 is 14.2 Å². The number of imidazole rings is 1. The molecule has 0 unspecified atom stereocenters. The molecule has 1 aromatic heterocycles. The topological polar surface area (TPSA) is 47.4 Å². The molecule has 158 valence electrons. The van der Waals surface area contributed by atoms with Crippen LogP contribution in [0.3, 0.4) is 0 Å². The number of ether oxygens (including phenoxy) is 1. The van der Waals surface area contributed by atoms with E-state index >= 15 is 0 Å². The molecule has 30 heavy (non-hydrogen) atoms. The third-order valence-corrected chi connectivity index (χ3v) is 6.43. The second-order valence-electron chi connectivity index (χ2n) is 8.01. The predicted octanol–water partition coefficient (Wildman–Crippen LogP) is 5.28. The van der Waals surface area contributed by atoms with Crippen molar-refractivity contribution in [3.8, 4) is 5.75 Å². The van der Waals surface area contributed by atoms with Gasteiger partial charge in [0.1, 0.15) is 5.75 Å². The number of likely N-dealkylation sites (tertiary alicyclic amines) is 1. The van der Waals surface area contributed by atoms with E-state index in [1.807, 2.05) is 11.2 Å². The highest BCUT2D eigenvalue weighted by molar-refractivity contribution is 6.35. The summed E-state index contributed by atoms with van der Waals surface area (Å²) in [5.74, 6) is 0.986. The Labute approximate surface area is 186 Å². The maximum atomic E-state index is 12.5. The highest BCUT2D eigenvalue weighted by Crippen LogP contribution is 2.28. The fourth-order valence-electron chi connectivity index (χ4n) is 3.92. The van der Waals surface area contributed by atoms with Crippen LogP contribution in [0.15, 0.2) is 36.7 Å². The van der Waals surface area contributed by atoms with Crippen LogP contribution >= 0.6 is 23.2 Å². The molecule has 4 rings (SSSR count). The lowest BCUT2D eigenvalue weighted by Crippen LogP contribution is -2.41. The smallest absolute Gasteiger partial charge is 0.260 e. The van der Waals surface area contributed by atoms with E-state index in [1.165, 1.54) is 16.6 Å². The number of nitrogens with zero attached hydrogens (tertiary/aromatic N) is 3. The van der Waals surface area contributed by atoms with Gasteiger partial charge in [-0.25, -0.2) is 4.98 Å². The zero-order valence-electron chi connectivity index (χ0n) is 17.2. The van der Waals surface area contributed by atoms with Gasteiger partial charge in [0.15, 0.2) is 6.61 Å². The Hall–Kier alpha value is -2.24. The SMILES string of the molecule is Cc1cc2ncn(CC3CCN(C(=O)COc4ccc(Cl)cc4Cl)CC3)c2cc1C. The molecule has 2 heterocycles. The highest BCUT2D eigenvalue weighted by Gasteiger charge is 2.24. The van der Waals surface area contributed by atoms with Gasteiger partial charge in [0.2, 0.25) is 0 Å². The summed E-state index contributed by atoms with van der Waals surface area (Å²) in [6.45, 7) is 6.65. The Kier molecular flexibility index (Phi) is 6.21. The van der Waals surface area contributed by atoms with Crippen LogP contribution in [0.25, 0.3) is 11.0 Å².